The number of rotatable bonds is 4. The van der Waals surface area contributed by atoms with Crippen molar-refractivity contribution >= 4 is 44.2 Å². The molecule has 1 fully saturated rings. The van der Waals surface area contributed by atoms with E-state index in [1.54, 1.807) is 0 Å². The zero-order valence-corrected chi connectivity index (χ0v) is 17.9. The SMILES string of the molecule is C[C@H]1CCCN(c2nc(=O)n(CC(=O)Nc3ccc(Br)cc3)c3ccccc23)C1. The van der Waals surface area contributed by atoms with Crippen LogP contribution in [-0.2, 0) is 11.3 Å². The van der Waals surface area contributed by atoms with Crippen LogP contribution in [0.5, 0.6) is 0 Å². The largest absolute Gasteiger partial charge is 0.356 e. The lowest BCUT2D eigenvalue weighted by atomic mass is 10.00. The van der Waals surface area contributed by atoms with Crippen LogP contribution in [0, 0.1) is 5.92 Å². The van der Waals surface area contributed by atoms with Gasteiger partial charge in [0.05, 0.1) is 5.52 Å². The van der Waals surface area contributed by atoms with E-state index in [1.165, 1.54) is 11.0 Å². The van der Waals surface area contributed by atoms with E-state index in [0.717, 1.165) is 40.7 Å². The highest BCUT2D eigenvalue weighted by atomic mass is 79.9. The fourth-order valence-electron chi connectivity index (χ4n) is 3.87. The molecule has 6 nitrogen and oxygen atoms in total. The van der Waals surface area contributed by atoms with Gasteiger partial charge in [0.2, 0.25) is 5.91 Å². The fourth-order valence-corrected chi connectivity index (χ4v) is 4.13. The predicted octanol–water partition coefficient (Wildman–Crippen LogP) is 4.03. The van der Waals surface area contributed by atoms with Crippen LogP contribution in [0.15, 0.2) is 57.8 Å². The first-order valence-corrected chi connectivity index (χ1v) is 10.6. The van der Waals surface area contributed by atoms with Gasteiger partial charge in [0.1, 0.15) is 12.4 Å². The van der Waals surface area contributed by atoms with Crippen molar-refractivity contribution in [3.05, 3.63) is 63.5 Å². The molecule has 3 aromatic rings. The maximum atomic E-state index is 12.8. The Kier molecular flexibility index (Phi) is 5.67. The second-order valence-corrected chi connectivity index (χ2v) is 8.49. The Balaban J connectivity index is 1.65. The van der Waals surface area contributed by atoms with Gasteiger partial charge in [0.25, 0.3) is 0 Å². The highest BCUT2D eigenvalue weighted by molar-refractivity contribution is 9.10. The summed E-state index contributed by atoms with van der Waals surface area (Å²) in [5, 5.41) is 3.74. The van der Waals surface area contributed by atoms with E-state index in [9.17, 15) is 9.59 Å². The number of para-hydroxylation sites is 1. The van der Waals surface area contributed by atoms with Gasteiger partial charge < -0.3 is 10.2 Å². The van der Waals surface area contributed by atoms with Crippen LogP contribution in [0.2, 0.25) is 0 Å². The van der Waals surface area contributed by atoms with Crippen LogP contribution in [0.25, 0.3) is 10.9 Å². The number of fused-ring (bicyclic) bond motifs is 1. The maximum absolute atomic E-state index is 12.8. The molecule has 0 saturated carbocycles. The molecular formula is C22H23BrN4O2. The Hall–Kier alpha value is -2.67. The number of benzene rings is 2. The Labute approximate surface area is 177 Å². The number of anilines is 2. The molecule has 2 heterocycles. The minimum Gasteiger partial charge on any atom is -0.356 e. The normalized spacial score (nSPS) is 16.8. The van der Waals surface area contributed by atoms with E-state index in [4.69, 9.17) is 0 Å². The van der Waals surface area contributed by atoms with E-state index in [1.807, 2.05) is 48.5 Å². The molecule has 1 amide bonds. The minimum absolute atomic E-state index is 0.0842. The number of hydrogen-bond acceptors (Lipinski definition) is 4. The molecule has 7 heteroatoms. The minimum atomic E-state index is -0.400. The van der Waals surface area contributed by atoms with E-state index in [2.05, 4.69) is 38.1 Å². The molecule has 0 bridgehead atoms. The highest BCUT2D eigenvalue weighted by Gasteiger charge is 2.21. The van der Waals surface area contributed by atoms with Crippen LogP contribution in [0.3, 0.4) is 0 Å². The number of amides is 1. The topological polar surface area (TPSA) is 67.2 Å². The molecule has 29 heavy (non-hydrogen) atoms. The van der Waals surface area contributed by atoms with Gasteiger partial charge in [-0.1, -0.05) is 35.0 Å². The van der Waals surface area contributed by atoms with Crippen molar-refractivity contribution in [2.24, 2.45) is 5.92 Å². The van der Waals surface area contributed by atoms with E-state index in [-0.39, 0.29) is 12.5 Å². The molecule has 1 atom stereocenters. The first-order chi connectivity index (χ1) is 14.0. The van der Waals surface area contributed by atoms with Crippen molar-refractivity contribution in [2.75, 3.05) is 23.3 Å². The molecule has 0 unspecified atom stereocenters. The molecule has 1 aliphatic rings. The lowest BCUT2D eigenvalue weighted by molar-refractivity contribution is -0.116. The molecule has 150 valence electrons. The predicted molar refractivity (Wildman–Crippen MR) is 119 cm³/mol. The molecule has 2 aromatic carbocycles. The zero-order valence-electron chi connectivity index (χ0n) is 16.3. The first kappa shape index (κ1) is 19.6. The molecular weight excluding hydrogens is 432 g/mol. The number of carbonyl (C=O) groups is 1. The number of piperidine rings is 1. The van der Waals surface area contributed by atoms with Crippen LogP contribution in [0.1, 0.15) is 19.8 Å². The Morgan fingerprint density at radius 1 is 1.21 bits per heavy atom. The summed E-state index contributed by atoms with van der Waals surface area (Å²) >= 11 is 3.37. The van der Waals surface area contributed by atoms with Gasteiger partial charge in [-0.05, 0) is 55.2 Å². The third-order valence-corrected chi connectivity index (χ3v) is 5.78. The number of nitrogens with one attached hydrogen (secondary N) is 1. The van der Waals surface area contributed by atoms with Gasteiger partial charge in [-0.3, -0.25) is 9.36 Å². The van der Waals surface area contributed by atoms with Gasteiger partial charge >= 0.3 is 5.69 Å². The summed E-state index contributed by atoms with van der Waals surface area (Å²) in [6, 6.07) is 15.0. The third kappa shape index (κ3) is 4.34. The number of nitrogens with zero attached hydrogens (tertiary/aromatic N) is 3. The van der Waals surface area contributed by atoms with E-state index < -0.39 is 5.69 Å². The van der Waals surface area contributed by atoms with Crippen molar-refractivity contribution in [1.82, 2.24) is 9.55 Å². The number of carbonyl (C=O) groups excluding carboxylic acids is 1. The lowest BCUT2D eigenvalue weighted by Gasteiger charge is -2.32. The number of halogens is 1. The number of hydrogen-bond donors (Lipinski definition) is 1. The lowest BCUT2D eigenvalue weighted by Crippen LogP contribution is -2.38. The second-order valence-electron chi connectivity index (χ2n) is 7.57. The van der Waals surface area contributed by atoms with Crippen LogP contribution < -0.4 is 15.9 Å². The maximum Gasteiger partial charge on any atom is 0.350 e. The molecule has 0 spiro atoms. The van der Waals surface area contributed by atoms with Crippen molar-refractivity contribution in [3.8, 4) is 0 Å². The molecule has 4 rings (SSSR count). The summed E-state index contributed by atoms with van der Waals surface area (Å²) < 4.78 is 2.38. The Morgan fingerprint density at radius 3 is 2.72 bits per heavy atom. The quantitative estimate of drug-likeness (QED) is 0.645. The smallest absolute Gasteiger partial charge is 0.350 e. The van der Waals surface area contributed by atoms with Crippen molar-refractivity contribution in [2.45, 2.75) is 26.3 Å². The molecule has 1 saturated heterocycles. The average molecular weight is 455 g/mol. The second kappa shape index (κ2) is 8.37. The highest BCUT2D eigenvalue weighted by Crippen LogP contribution is 2.27. The van der Waals surface area contributed by atoms with Gasteiger partial charge in [-0.25, -0.2) is 4.79 Å². The molecule has 1 aliphatic heterocycles. The Morgan fingerprint density at radius 2 is 1.97 bits per heavy atom. The molecule has 1 N–H and O–H groups in total. The summed E-state index contributed by atoms with van der Waals surface area (Å²) in [5.74, 6) is 1.03. The molecule has 0 radical (unpaired) electrons. The van der Waals surface area contributed by atoms with Crippen molar-refractivity contribution < 1.29 is 4.79 Å². The van der Waals surface area contributed by atoms with E-state index in [0.29, 0.717) is 11.6 Å². The Bertz CT molecular complexity index is 1090. The van der Waals surface area contributed by atoms with Gasteiger partial charge in [0, 0.05) is 28.6 Å². The van der Waals surface area contributed by atoms with Crippen molar-refractivity contribution in [3.63, 3.8) is 0 Å². The van der Waals surface area contributed by atoms with Crippen LogP contribution in [-0.4, -0.2) is 28.5 Å². The van der Waals surface area contributed by atoms with Gasteiger partial charge in [-0.15, -0.1) is 0 Å². The molecule has 0 aliphatic carbocycles. The standard InChI is InChI=1S/C22H23BrN4O2/c1-15-5-4-12-26(13-15)21-18-6-2-3-7-19(18)27(22(29)25-21)14-20(28)24-17-10-8-16(23)9-11-17/h2-3,6-11,15H,4-5,12-14H2,1H3,(H,24,28)/t15-/m0/s1. The average Bonchev–Trinajstić information content (AvgIpc) is 2.71. The van der Waals surface area contributed by atoms with Crippen LogP contribution in [0.4, 0.5) is 11.5 Å². The number of aromatic nitrogens is 2. The third-order valence-electron chi connectivity index (χ3n) is 5.25. The van der Waals surface area contributed by atoms with Gasteiger partial charge in [0.15, 0.2) is 0 Å². The molecule has 1 aromatic heterocycles. The summed E-state index contributed by atoms with van der Waals surface area (Å²) in [7, 11) is 0. The summed E-state index contributed by atoms with van der Waals surface area (Å²) in [4.78, 5) is 32.0. The monoisotopic (exact) mass is 454 g/mol. The summed E-state index contributed by atoms with van der Waals surface area (Å²) in [5.41, 5.74) is 1.01. The first-order valence-electron chi connectivity index (χ1n) is 9.81. The fraction of sp³-hybridized carbons (Fsp3) is 0.318. The van der Waals surface area contributed by atoms with Crippen molar-refractivity contribution in [1.29, 1.82) is 0 Å². The zero-order chi connectivity index (χ0) is 20.4. The van der Waals surface area contributed by atoms with Gasteiger partial charge in [-0.2, -0.15) is 4.98 Å². The summed E-state index contributed by atoms with van der Waals surface area (Å²) in [6.45, 7) is 3.93. The van der Waals surface area contributed by atoms with E-state index >= 15 is 0 Å². The summed E-state index contributed by atoms with van der Waals surface area (Å²) in [6.07, 6.45) is 2.29. The van der Waals surface area contributed by atoms with Crippen LogP contribution >= 0.6 is 15.9 Å².